The molecule has 1 heterocycles. The van der Waals surface area contributed by atoms with Crippen LogP contribution in [0.15, 0.2) is 36.5 Å². The molecule has 1 aromatic carbocycles. The molecule has 7 nitrogen and oxygen atoms in total. The minimum absolute atomic E-state index is 0.00443. The molecule has 0 atom stereocenters. The molecule has 0 aliphatic carbocycles. The molecule has 2 N–H and O–H groups in total. The summed E-state index contributed by atoms with van der Waals surface area (Å²) in [5, 5.41) is 19.5. The van der Waals surface area contributed by atoms with Gasteiger partial charge < -0.3 is 10.4 Å². The van der Waals surface area contributed by atoms with Crippen molar-refractivity contribution in [3.8, 4) is 11.3 Å². The van der Waals surface area contributed by atoms with Crippen molar-refractivity contribution in [1.82, 2.24) is 20.3 Å². The van der Waals surface area contributed by atoms with Crippen LogP contribution in [0.5, 0.6) is 0 Å². The van der Waals surface area contributed by atoms with Gasteiger partial charge in [0.2, 0.25) is 5.91 Å². The molecular formula is C15H18N4O3. The summed E-state index contributed by atoms with van der Waals surface area (Å²) in [6, 6.07) is 9.52. The van der Waals surface area contributed by atoms with E-state index in [1.54, 1.807) is 20.0 Å². The van der Waals surface area contributed by atoms with Crippen LogP contribution in [0.25, 0.3) is 11.3 Å². The fraction of sp³-hybridized carbons (Fsp3) is 0.333. The Kier molecular flexibility index (Phi) is 4.55. The Hall–Kier alpha value is -2.70. The van der Waals surface area contributed by atoms with Gasteiger partial charge in [-0.25, -0.2) is 4.68 Å². The number of amides is 1. The van der Waals surface area contributed by atoms with Gasteiger partial charge in [0.1, 0.15) is 12.2 Å². The van der Waals surface area contributed by atoms with Crippen molar-refractivity contribution in [2.75, 3.05) is 6.54 Å². The highest BCUT2D eigenvalue weighted by Crippen LogP contribution is 2.15. The van der Waals surface area contributed by atoms with Crippen molar-refractivity contribution < 1.29 is 14.7 Å². The summed E-state index contributed by atoms with van der Waals surface area (Å²) in [4.78, 5) is 22.8. The number of carboxylic acids is 1. The number of benzene rings is 1. The van der Waals surface area contributed by atoms with Crippen molar-refractivity contribution >= 4 is 11.9 Å². The van der Waals surface area contributed by atoms with E-state index < -0.39 is 11.4 Å². The topological polar surface area (TPSA) is 97.1 Å². The van der Waals surface area contributed by atoms with Gasteiger partial charge in [-0.3, -0.25) is 9.59 Å². The lowest BCUT2D eigenvalue weighted by Gasteiger charge is -2.19. The van der Waals surface area contributed by atoms with Crippen LogP contribution in [0.4, 0.5) is 0 Å². The standard InChI is InChI=1S/C15H18N4O3/c1-15(2,14(21)22)10-16-13(20)9-19-8-12(17-18-19)11-6-4-3-5-7-11/h3-8H,9-10H2,1-2H3,(H,16,20)(H,21,22). The number of carboxylic acid groups (broad SMARTS) is 1. The fourth-order valence-electron chi connectivity index (χ4n) is 1.72. The molecule has 2 aromatic rings. The maximum atomic E-state index is 11.8. The van der Waals surface area contributed by atoms with Gasteiger partial charge in [0.05, 0.1) is 11.6 Å². The van der Waals surface area contributed by atoms with E-state index in [0.29, 0.717) is 5.69 Å². The van der Waals surface area contributed by atoms with Crippen LogP contribution in [-0.2, 0) is 16.1 Å². The maximum Gasteiger partial charge on any atom is 0.310 e. The van der Waals surface area contributed by atoms with Crippen LogP contribution in [0.2, 0.25) is 0 Å². The predicted molar refractivity (Wildman–Crippen MR) is 79.9 cm³/mol. The van der Waals surface area contributed by atoms with Crippen molar-refractivity contribution in [2.45, 2.75) is 20.4 Å². The Morgan fingerprint density at radius 2 is 1.95 bits per heavy atom. The van der Waals surface area contributed by atoms with E-state index in [9.17, 15) is 9.59 Å². The zero-order valence-electron chi connectivity index (χ0n) is 12.5. The Morgan fingerprint density at radius 3 is 2.59 bits per heavy atom. The third-order valence-electron chi connectivity index (χ3n) is 3.22. The van der Waals surface area contributed by atoms with E-state index in [1.165, 1.54) is 4.68 Å². The van der Waals surface area contributed by atoms with Crippen molar-refractivity contribution in [3.05, 3.63) is 36.5 Å². The summed E-state index contributed by atoms with van der Waals surface area (Å²) in [7, 11) is 0. The lowest BCUT2D eigenvalue weighted by atomic mass is 9.94. The van der Waals surface area contributed by atoms with Gasteiger partial charge in [0.25, 0.3) is 0 Å². The van der Waals surface area contributed by atoms with Crippen molar-refractivity contribution in [1.29, 1.82) is 0 Å². The number of hydrogen-bond acceptors (Lipinski definition) is 4. The van der Waals surface area contributed by atoms with Crippen LogP contribution < -0.4 is 5.32 Å². The van der Waals surface area contributed by atoms with Crippen molar-refractivity contribution in [3.63, 3.8) is 0 Å². The van der Waals surface area contributed by atoms with E-state index in [4.69, 9.17) is 5.11 Å². The maximum absolute atomic E-state index is 11.8. The molecule has 0 aliphatic heterocycles. The number of carbonyl (C=O) groups is 2. The molecule has 0 unspecified atom stereocenters. The summed E-state index contributed by atoms with van der Waals surface area (Å²) in [6.07, 6.45) is 1.68. The van der Waals surface area contributed by atoms with E-state index in [0.717, 1.165) is 5.56 Å². The third kappa shape index (κ3) is 3.91. The second-order valence-electron chi connectivity index (χ2n) is 5.63. The Balaban J connectivity index is 1.93. The first kappa shape index (κ1) is 15.7. The average Bonchev–Trinajstić information content (AvgIpc) is 2.94. The number of nitrogens with one attached hydrogen (secondary N) is 1. The molecule has 0 saturated heterocycles. The molecule has 1 aromatic heterocycles. The molecule has 0 radical (unpaired) electrons. The second-order valence-corrected chi connectivity index (χ2v) is 5.63. The molecule has 0 saturated carbocycles. The summed E-state index contributed by atoms with van der Waals surface area (Å²) in [5.74, 6) is -1.27. The lowest BCUT2D eigenvalue weighted by molar-refractivity contribution is -0.146. The van der Waals surface area contributed by atoms with Gasteiger partial charge in [0.15, 0.2) is 0 Å². The Bertz CT molecular complexity index is 664. The normalized spacial score (nSPS) is 11.2. The van der Waals surface area contributed by atoms with Gasteiger partial charge in [-0.2, -0.15) is 0 Å². The number of hydrogen-bond donors (Lipinski definition) is 2. The fourth-order valence-corrected chi connectivity index (χ4v) is 1.72. The van der Waals surface area contributed by atoms with E-state index in [1.807, 2.05) is 30.3 Å². The highest BCUT2D eigenvalue weighted by molar-refractivity contribution is 5.78. The number of aliphatic carboxylic acids is 1. The molecule has 7 heteroatoms. The monoisotopic (exact) mass is 302 g/mol. The summed E-state index contributed by atoms with van der Waals surface area (Å²) >= 11 is 0. The predicted octanol–water partition coefficient (Wildman–Crippen LogP) is 1.17. The van der Waals surface area contributed by atoms with Gasteiger partial charge >= 0.3 is 5.97 Å². The number of nitrogens with zero attached hydrogens (tertiary/aromatic N) is 3. The highest BCUT2D eigenvalue weighted by Gasteiger charge is 2.27. The van der Waals surface area contributed by atoms with Gasteiger partial charge in [-0.15, -0.1) is 5.10 Å². The molecular weight excluding hydrogens is 284 g/mol. The number of aromatic nitrogens is 3. The zero-order valence-corrected chi connectivity index (χ0v) is 12.5. The van der Waals surface area contributed by atoms with Crippen molar-refractivity contribution in [2.24, 2.45) is 5.41 Å². The average molecular weight is 302 g/mol. The molecule has 0 spiro atoms. The van der Waals surface area contributed by atoms with Crippen LogP contribution in [0.3, 0.4) is 0 Å². The van der Waals surface area contributed by atoms with Crippen LogP contribution in [0, 0.1) is 5.41 Å². The second kappa shape index (κ2) is 6.38. The SMILES string of the molecule is CC(C)(CNC(=O)Cn1cc(-c2ccccc2)nn1)C(=O)O. The van der Waals surface area contributed by atoms with Gasteiger partial charge in [-0.1, -0.05) is 35.5 Å². The summed E-state index contributed by atoms with van der Waals surface area (Å²) in [6.45, 7) is 3.16. The highest BCUT2D eigenvalue weighted by atomic mass is 16.4. The quantitative estimate of drug-likeness (QED) is 0.835. The third-order valence-corrected chi connectivity index (χ3v) is 3.22. The largest absolute Gasteiger partial charge is 0.481 e. The number of carbonyl (C=O) groups excluding carboxylic acids is 1. The van der Waals surface area contributed by atoms with Crippen LogP contribution in [0.1, 0.15) is 13.8 Å². The Labute approximate surface area is 128 Å². The molecule has 0 aliphatic rings. The van der Waals surface area contributed by atoms with Crippen LogP contribution >= 0.6 is 0 Å². The molecule has 116 valence electrons. The van der Waals surface area contributed by atoms with Gasteiger partial charge in [0, 0.05) is 12.1 Å². The Morgan fingerprint density at radius 1 is 1.27 bits per heavy atom. The molecule has 22 heavy (non-hydrogen) atoms. The first-order valence-electron chi connectivity index (χ1n) is 6.84. The first-order valence-corrected chi connectivity index (χ1v) is 6.84. The molecule has 0 fully saturated rings. The van der Waals surface area contributed by atoms with Gasteiger partial charge in [-0.05, 0) is 13.8 Å². The summed E-state index contributed by atoms with van der Waals surface area (Å²) in [5.41, 5.74) is 0.591. The molecule has 0 bridgehead atoms. The molecule has 2 rings (SSSR count). The molecule has 1 amide bonds. The smallest absolute Gasteiger partial charge is 0.310 e. The van der Waals surface area contributed by atoms with E-state index in [2.05, 4.69) is 15.6 Å². The van der Waals surface area contributed by atoms with Crippen LogP contribution in [-0.4, -0.2) is 38.5 Å². The first-order chi connectivity index (χ1) is 10.4. The van der Waals surface area contributed by atoms with E-state index >= 15 is 0 Å². The van der Waals surface area contributed by atoms with E-state index in [-0.39, 0.29) is 19.0 Å². The minimum atomic E-state index is -1.01. The number of rotatable bonds is 6. The lowest BCUT2D eigenvalue weighted by Crippen LogP contribution is -2.40. The minimum Gasteiger partial charge on any atom is -0.481 e. The zero-order chi connectivity index (χ0) is 16.2. The summed E-state index contributed by atoms with van der Waals surface area (Å²) < 4.78 is 1.42.